The Labute approximate surface area is 171 Å². The van der Waals surface area contributed by atoms with E-state index in [0.29, 0.717) is 6.54 Å². The minimum atomic E-state index is -4.44. The summed E-state index contributed by atoms with van der Waals surface area (Å²) in [5.41, 5.74) is 4.48. The van der Waals surface area contributed by atoms with Crippen molar-refractivity contribution in [2.24, 2.45) is 5.10 Å². The van der Waals surface area contributed by atoms with Crippen LogP contribution in [0.4, 0.5) is 18.9 Å². The number of aromatic nitrogens is 1. The molecule has 8 heteroatoms. The average Bonchev–Trinajstić information content (AvgIpc) is 2.98. The fourth-order valence-electron chi connectivity index (χ4n) is 3.11. The van der Waals surface area contributed by atoms with E-state index in [-0.39, 0.29) is 12.2 Å². The lowest BCUT2D eigenvalue weighted by Crippen LogP contribution is -2.26. The lowest BCUT2D eigenvalue weighted by Gasteiger charge is -2.10. The zero-order valence-corrected chi connectivity index (χ0v) is 16.1. The van der Waals surface area contributed by atoms with Crippen LogP contribution in [0.5, 0.6) is 0 Å². The van der Waals surface area contributed by atoms with Gasteiger partial charge in [-0.3, -0.25) is 4.79 Å². The van der Waals surface area contributed by atoms with Crippen molar-refractivity contribution in [3.63, 3.8) is 0 Å². The third-order valence-electron chi connectivity index (χ3n) is 4.55. The monoisotopic (exact) mass is 412 g/mol. The smallest absolute Gasteiger partial charge is 0.376 e. The van der Waals surface area contributed by atoms with Gasteiger partial charge in [0.25, 0.3) is 5.91 Å². The number of nitrogens with zero attached hydrogens (tertiary/aromatic N) is 2. The van der Waals surface area contributed by atoms with Crippen molar-refractivity contribution in [1.82, 2.24) is 9.99 Å². The maximum absolute atomic E-state index is 12.7. The number of carbonyl (C=O) groups is 1. The van der Waals surface area contributed by atoms with Gasteiger partial charge in [0, 0.05) is 27.8 Å². The van der Waals surface area contributed by atoms with Crippen molar-refractivity contribution < 1.29 is 18.0 Å². The maximum atomic E-state index is 12.7. The molecule has 0 aliphatic carbocycles. The summed E-state index contributed by atoms with van der Waals surface area (Å²) in [4.78, 5) is 12.0. The van der Waals surface area contributed by atoms with E-state index in [0.717, 1.165) is 34.3 Å². The molecular formula is C22H19F3N4O. The Hall–Kier alpha value is -3.73. The van der Waals surface area contributed by atoms with E-state index >= 15 is 0 Å². The summed E-state index contributed by atoms with van der Waals surface area (Å²) in [6.45, 7) is 2.10. The molecule has 2 N–H and O–H groups in total. The number of hydrazone groups is 1. The highest BCUT2D eigenvalue weighted by Gasteiger charge is 2.30. The van der Waals surface area contributed by atoms with Gasteiger partial charge in [0.15, 0.2) is 0 Å². The number of alkyl halides is 3. The number of benzene rings is 2. The molecule has 3 aromatic rings. The van der Waals surface area contributed by atoms with E-state index in [1.807, 2.05) is 35.8 Å². The summed E-state index contributed by atoms with van der Waals surface area (Å²) in [6.07, 6.45) is 2.54. The zero-order valence-electron chi connectivity index (χ0n) is 16.1. The van der Waals surface area contributed by atoms with E-state index in [9.17, 15) is 18.0 Å². The van der Waals surface area contributed by atoms with Crippen molar-refractivity contribution in [3.8, 4) is 12.3 Å². The molecule has 0 atom stereocenters. The molecule has 0 spiro atoms. The van der Waals surface area contributed by atoms with Crippen LogP contribution in [0.25, 0.3) is 10.9 Å². The largest absolute Gasteiger partial charge is 0.416 e. The molecule has 0 saturated heterocycles. The second-order valence-electron chi connectivity index (χ2n) is 6.53. The molecule has 5 nitrogen and oxygen atoms in total. The van der Waals surface area contributed by atoms with Gasteiger partial charge in [0.2, 0.25) is 0 Å². The highest BCUT2D eigenvalue weighted by molar-refractivity contribution is 6.01. The lowest BCUT2D eigenvalue weighted by molar-refractivity contribution is -0.137. The summed E-state index contributed by atoms with van der Waals surface area (Å²) in [5.74, 6) is 2.13. The zero-order chi connectivity index (χ0) is 21.7. The molecule has 0 radical (unpaired) electrons. The first-order valence-electron chi connectivity index (χ1n) is 9.05. The molecule has 154 valence electrons. The van der Waals surface area contributed by atoms with Crippen LogP contribution in [-0.4, -0.2) is 23.2 Å². The summed E-state index contributed by atoms with van der Waals surface area (Å²) in [7, 11) is 0. The summed E-state index contributed by atoms with van der Waals surface area (Å²) in [6, 6.07) is 12.3. The number of para-hydroxylation sites is 1. The first-order valence-corrected chi connectivity index (χ1v) is 9.05. The summed E-state index contributed by atoms with van der Waals surface area (Å²) >= 11 is 0. The molecule has 0 aliphatic rings. The van der Waals surface area contributed by atoms with Gasteiger partial charge in [0.1, 0.15) is 0 Å². The van der Waals surface area contributed by atoms with Gasteiger partial charge < -0.3 is 9.88 Å². The Balaban J connectivity index is 1.66. The molecule has 1 heterocycles. The molecule has 0 aliphatic heterocycles. The first-order chi connectivity index (χ1) is 14.3. The predicted octanol–water partition coefficient (Wildman–Crippen LogP) is 4.16. The second kappa shape index (κ2) is 8.74. The Morgan fingerprint density at radius 3 is 2.73 bits per heavy atom. The minimum Gasteiger partial charge on any atom is -0.376 e. The normalized spacial score (nSPS) is 11.6. The molecule has 3 rings (SSSR count). The van der Waals surface area contributed by atoms with Gasteiger partial charge in [0.05, 0.1) is 24.9 Å². The third kappa shape index (κ3) is 4.63. The van der Waals surface area contributed by atoms with Crippen LogP contribution in [0.2, 0.25) is 0 Å². The van der Waals surface area contributed by atoms with Gasteiger partial charge >= 0.3 is 6.18 Å². The molecule has 0 bridgehead atoms. The lowest BCUT2D eigenvalue weighted by atomic mass is 10.1. The number of rotatable bonds is 6. The number of fused-ring (bicyclic) bond motifs is 1. The molecule has 2 aromatic carbocycles. The fourth-order valence-corrected chi connectivity index (χ4v) is 3.11. The predicted molar refractivity (Wildman–Crippen MR) is 111 cm³/mol. The Kier molecular flexibility index (Phi) is 6.11. The van der Waals surface area contributed by atoms with Crippen molar-refractivity contribution in [2.75, 3.05) is 11.9 Å². The van der Waals surface area contributed by atoms with E-state index < -0.39 is 17.6 Å². The molecular weight excluding hydrogens is 393 g/mol. The van der Waals surface area contributed by atoms with Gasteiger partial charge in [-0.2, -0.15) is 18.3 Å². The summed E-state index contributed by atoms with van der Waals surface area (Å²) in [5, 5.41) is 7.59. The van der Waals surface area contributed by atoms with Crippen molar-refractivity contribution in [1.29, 1.82) is 0 Å². The fraction of sp³-hybridized carbons (Fsp3) is 0.182. The number of hydrogen-bond donors (Lipinski definition) is 2. The Bertz CT molecular complexity index is 1140. The number of hydrogen-bond acceptors (Lipinski definition) is 3. The van der Waals surface area contributed by atoms with Crippen LogP contribution in [-0.2, 0) is 17.5 Å². The molecule has 0 unspecified atom stereocenters. The van der Waals surface area contributed by atoms with Crippen LogP contribution >= 0.6 is 0 Å². The number of anilines is 1. The average molecular weight is 412 g/mol. The third-order valence-corrected chi connectivity index (χ3v) is 4.55. The van der Waals surface area contributed by atoms with Crippen molar-refractivity contribution in [3.05, 3.63) is 65.4 Å². The highest BCUT2D eigenvalue weighted by Crippen LogP contribution is 2.30. The molecule has 1 amide bonds. The SMILES string of the molecule is C#CCn1c(C)c(/C=N\NC(=O)CNc2cccc(C(F)(F)F)c2)c2ccccc21. The Morgan fingerprint density at radius 1 is 1.23 bits per heavy atom. The van der Waals surface area contributed by atoms with Gasteiger partial charge in [-0.1, -0.05) is 30.2 Å². The summed E-state index contributed by atoms with van der Waals surface area (Å²) < 4.78 is 40.2. The number of terminal acetylenes is 1. The number of amides is 1. The Morgan fingerprint density at radius 2 is 2.00 bits per heavy atom. The van der Waals surface area contributed by atoms with Crippen LogP contribution in [0.15, 0.2) is 53.6 Å². The minimum absolute atomic E-state index is 0.192. The number of halogens is 3. The van der Waals surface area contributed by atoms with Gasteiger partial charge in [-0.15, -0.1) is 6.42 Å². The number of carbonyl (C=O) groups excluding carboxylic acids is 1. The van der Waals surface area contributed by atoms with Crippen LogP contribution in [0.1, 0.15) is 16.8 Å². The van der Waals surface area contributed by atoms with E-state index in [2.05, 4.69) is 21.8 Å². The molecule has 0 fully saturated rings. The maximum Gasteiger partial charge on any atom is 0.416 e. The quantitative estimate of drug-likeness (QED) is 0.363. The van der Waals surface area contributed by atoms with Crippen LogP contribution < -0.4 is 10.7 Å². The topological polar surface area (TPSA) is 58.4 Å². The van der Waals surface area contributed by atoms with Crippen molar-refractivity contribution >= 4 is 28.7 Å². The van der Waals surface area contributed by atoms with Crippen LogP contribution in [0.3, 0.4) is 0 Å². The molecule has 30 heavy (non-hydrogen) atoms. The van der Waals surface area contributed by atoms with Gasteiger partial charge in [-0.25, -0.2) is 5.43 Å². The molecule has 0 saturated carbocycles. The van der Waals surface area contributed by atoms with Crippen molar-refractivity contribution in [2.45, 2.75) is 19.6 Å². The standard InChI is InChI=1S/C22H19F3N4O/c1-3-11-29-15(2)19(18-9-4-5-10-20(18)29)13-27-28-21(30)14-26-17-8-6-7-16(12-17)22(23,24)25/h1,4-10,12-13,26H,11,14H2,2H3,(H,28,30)/b27-13-. The van der Waals surface area contributed by atoms with Crippen LogP contribution in [0, 0.1) is 19.3 Å². The van der Waals surface area contributed by atoms with Gasteiger partial charge in [-0.05, 0) is 31.2 Å². The second-order valence-corrected chi connectivity index (χ2v) is 6.53. The van der Waals surface area contributed by atoms with E-state index in [1.54, 1.807) is 0 Å². The number of nitrogens with one attached hydrogen (secondary N) is 2. The highest BCUT2D eigenvalue weighted by atomic mass is 19.4. The first kappa shape index (κ1) is 21.0. The van der Waals surface area contributed by atoms with E-state index in [4.69, 9.17) is 6.42 Å². The van der Waals surface area contributed by atoms with E-state index in [1.165, 1.54) is 18.3 Å². The molecule has 1 aromatic heterocycles.